The highest BCUT2D eigenvalue weighted by molar-refractivity contribution is 9.10. The summed E-state index contributed by atoms with van der Waals surface area (Å²) in [7, 11) is 0. The summed E-state index contributed by atoms with van der Waals surface area (Å²) in [4.78, 5) is 16.7. The number of benzene rings is 2. The van der Waals surface area contributed by atoms with Crippen LogP contribution in [0.3, 0.4) is 0 Å². The molecule has 0 radical (unpaired) electrons. The van der Waals surface area contributed by atoms with Crippen LogP contribution in [0.25, 0.3) is 10.9 Å². The second kappa shape index (κ2) is 5.74. The molecule has 3 rings (SSSR count). The van der Waals surface area contributed by atoms with Crippen molar-refractivity contribution < 1.29 is 9.18 Å². The maximum atomic E-state index is 13.5. The lowest BCUT2D eigenvalue weighted by atomic mass is 10.00. The van der Waals surface area contributed by atoms with E-state index in [-0.39, 0.29) is 16.7 Å². The first-order valence-corrected chi connectivity index (χ1v) is 7.26. The van der Waals surface area contributed by atoms with E-state index in [2.05, 4.69) is 20.9 Å². The Morgan fingerprint density at radius 1 is 1.10 bits per heavy atom. The Hall–Kier alpha value is -2.07. The number of pyridine rings is 1. The Morgan fingerprint density at radius 3 is 2.76 bits per heavy atom. The molecular formula is C17H11BrFNO. The van der Waals surface area contributed by atoms with Crippen LogP contribution >= 0.6 is 15.9 Å². The van der Waals surface area contributed by atoms with Gasteiger partial charge in [-0.2, -0.15) is 0 Å². The zero-order valence-electron chi connectivity index (χ0n) is 11.0. The first-order chi connectivity index (χ1) is 10.2. The second-order valence-electron chi connectivity index (χ2n) is 4.69. The molecule has 1 heterocycles. The molecule has 0 N–H and O–H groups in total. The number of aromatic nitrogens is 1. The summed E-state index contributed by atoms with van der Waals surface area (Å²) >= 11 is 3.14. The molecule has 0 aliphatic rings. The van der Waals surface area contributed by atoms with Crippen molar-refractivity contribution in [3.05, 3.63) is 76.1 Å². The third kappa shape index (κ3) is 2.72. The van der Waals surface area contributed by atoms with Crippen LogP contribution in [0.4, 0.5) is 4.39 Å². The number of nitrogens with zero attached hydrogens (tertiary/aromatic N) is 1. The molecule has 0 amide bonds. The first kappa shape index (κ1) is 13.9. The zero-order valence-corrected chi connectivity index (χ0v) is 12.6. The number of carbonyl (C=O) groups is 1. The molecule has 0 aliphatic heterocycles. The number of halogens is 2. The van der Waals surface area contributed by atoms with Crippen molar-refractivity contribution in [2.75, 3.05) is 0 Å². The summed E-state index contributed by atoms with van der Waals surface area (Å²) in [5.41, 5.74) is 2.10. The van der Waals surface area contributed by atoms with E-state index >= 15 is 0 Å². The van der Waals surface area contributed by atoms with Gasteiger partial charge in [0, 0.05) is 23.6 Å². The number of hydrogen-bond donors (Lipinski definition) is 0. The van der Waals surface area contributed by atoms with Gasteiger partial charge in [-0.1, -0.05) is 30.3 Å². The number of carbonyl (C=O) groups excluding carboxylic acids is 1. The fraction of sp³-hybridized carbons (Fsp3) is 0.0588. The predicted octanol–water partition coefficient (Wildman–Crippen LogP) is 4.56. The molecule has 4 heteroatoms. The van der Waals surface area contributed by atoms with Crippen molar-refractivity contribution in [2.45, 2.75) is 6.42 Å². The molecule has 0 saturated carbocycles. The smallest absolute Gasteiger partial charge is 0.168 e. The molecule has 0 atom stereocenters. The number of hydrogen-bond acceptors (Lipinski definition) is 2. The lowest BCUT2D eigenvalue weighted by molar-refractivity contribution is 0.0992. The molecule has 0 unspecified atom stereocenters. The molecule has 104 valence electrons. The number of para-hydroxylation sites is 1. The Balaban J connectivity index is 1.99. The normalized spacial score (nSPS) is 10.8. The summed E-state index contributed by atoms with van der Waals surface area (Å²) in [6, 6.07) is 14.0. The topological polar surface area (TPSA) is 30.0 Å². The van der Waals surface area contributed by atoms with E-state index in [0.717, 1.165) is 16.5 Å². The monoisotopic (exact) mass is 343 g/mol. The average molecular weight is 344 g/mol. The van der Waals surface area contributed by atoms with Crippen molar-refractivity contribution in [2.24, 2.45) is 0 Å². The largest absolute Gasteiger partial charge is 0.294 e. The third-order valence-electron chi connectivity index (χ3n) is 3.34. The summed E-state index contributed by atoms with van der Waals surface area (Å²) in [6.45, 7) is 0. The van der Waals surface area contributed by atoms with Crippen molar-refractivity contribution in [3.8, 4) is 0 Å². The van der Waals surface area contributed by atoms with Gasteiger partial charge in [-0.15, -0.1) is 0 Å². The van der Waals surface area contributed by atoms with E-state index in [1.807, 2.05) is 30.3 Å². The molecule has 0 saturated heterocycles. The van der Waals surface area contributed by atoms with Crippen molar-refractivity contribution in [1.82, 2.24) is 4.98 Å². The van der Waals surface area contributed by atoms with E-state index in [1.54, 1.807) is 12.3 Å². The lowest BCUT2D eigenvalue weighted by Gasteiger charge is -2.07. The van der Waals surface area contributed by atoms with Crippen molar-refractivity contribution >= 4 is 32.6 Å². The van der Waals surface area contributed by atoms with Crippen molar-refractivity contribution in [3.63, 3.8) is 0 Å². The van der Waals surface area contributed by atoms with Crippen LogP contribution in [0, 0.1) is 5.82 Å². The van der Waals surface area contributed by atoms with Crippen LogP contribution in [0.5, 0.6) is 0 Å². The van der Waals surface area contributed by atoms with Crippen LogP contribution in [0.1, 0.15) is 15.9 Å². The first-order valence-electron chi connectivity index (χ1n) is 6.46. The summed E-state index contributed by atoms with van der Waals surface area (Å²) < 4.78 is 13.7. The van der Waals surface area contributed by atoms with Gasteiger partial charge in [-0.05, 0) is 39.7 Å². The number of ketones is 1. The zero-order chi connectivity index (χ0) is 14.8. The predicted molar refractivity (Wildman–Crippen MR) is 83.9 cm³/mol. The number of Topliss-reactive ketones (excluding diaryl/α,β-unsaturated/α-hetero) is 1. The molecule has 0 spiro atoms. The highest BCUT2D eigenvalue weighted by Crippen LogP contribution is 2.23. The Labute approximate surface area is 129 Å². The van der Waals surface area contributed by atoms with Crippen LogP contribution < -0.4 is 0 Å². The van der Waals surface area contributed by atoms with Crippen molar-refractivity contribution in [1.29, 1.82) is 0 Å². The van der Waals surface area contributed by atoms with Gasteiger partial charge < -0.3 is 0 Å². The molecule has 1 aromatic heterocycles. The number of rotatable bonds is 3. The molecule has 3 aromatic rings. The molecule has 0 fully saturated rings. The molecule has 21 heavy (non-hydrogen) atoms. The molecular weight excluding hydrogens is 333 g/mol. The maximum Gasteiger partial charge on any atom is 0.168 e. The van der Waals surface area contributed by atoms with Gasteiger partial charge in [0.1, 0.15) is 5.82 Å². The van der Waals surface area contributed by atoms with Gasteiger partial charge >= 0.3 is 0 Å². The highest BCUT2D eigenvalue weighted by Gasteiger charge is 2.14. The van der Waals surface area contributed by atoms with Gasteiger partial charge in [-0.3, -0.25) is 9.78 Å². The van der Waals surface area contributed by atoms with Gasteiger partial charge in [0.25, 0.3) is 0 Å². The van der Waals surface area contributed by atoms with Gasteiger partial charge in [0.2, 0.25) is 0 Å². The summed E-state index contributed by atoms with van der Waals surface area (Å²) in [5.74, 6) is -0.557. The van der Waals surface area contributed by atoms with Gasteiger partial charge in [0.15, 0.2) is 5.78 Å². The minimum Gasteiger partial charge on any atom is -0.294 e. The minimum absolute atomic E-state index is 0.127. The SMILES string of the molecule is O=C(Cc1ccnc2ccccc12)c1cccc(F)c1Br. The Morgan fingerprint density at radius 2 is 1.90 bits per heavy atom. The highest BCUT2D eigenvalue weighted by atomic mass is 79.9. The van der Waals surface area contributed by atoms with E-state index in [1.165, 1.54) is 12.1 Å². The minimum atomic E-state index is -0.430. The molecule has 0 aliphatic carbocycles. The fourth-order valence-corrected chi connectivity index (χ4v) is 2.78. The van der Waals surface area contributed by atoms with Gasteiger partial charge in [0.05, 0.1) is 9.99 Å². The molecule has 2 nitrogen and oxygen atoms in total. The summed E-state index contributed by atoms with van der Waals surface area (Å²) in [6.07, 6.45) is 1.90. The van der Waals surface area contributed by atoms with E-state index in [9.17, 15) is 9.18 Å². The Kier molecular flexibility index (Phi) is 3.80. The van der Waals surface area contributed by atoms with Crippen LogP contribution in [-0.2, 0) is 6.42 Å². The molecule has 2 aromatic carbocycles. The number of fused-ring (bicyclic) bond motifs is 1. The quantitative estimate of drug-likeness (QED) is 0.652. The van der Waals surface area contributed by atoms with Crippen LogP contribution in [0.2, 0.25) is 0 Å². The Bertz CT molecular complexity index is 827. The average Bonchev–Trinajstić information content (AvgIpc) is 2.50. The summed E-state index contributed by atoms with van der Waals surface area (Å²) in [5, 5.41) is 0.945. The second-order valence-corrected chi connectivity index (χ2v) is 5.48. The molecule has 0 bridgehead atoms. The van der Waals surface area contributed by atoms with Crippen LogP contribution in [0.15, 0.2) is 59.2 Å². The third-order valence-corrected chi connectivity index (χ3v) is 4.15. The van der Waals surface area contributed by atoms with E-state index < -0.39 is 5.82 Å². The maximum absolute atomic E-state index is 13.5. The van der Waals surface area contributed by atoms with E-state index in [0.29, 0.717) is 5.56 Å². The standard InChI is InChI=1S/C17H11BrFNO/c18-17-13(5-3-6-14(17)19)16(21)10-11-8-9-20-15-7-2-1-4-12(11)15/h1-9H,10H2. The fourth-order valence-electron chi connectivity index (χ4n) is 2.30. The van der Waals surface area contributed by atoms with E-state index in [4.69, 9.17) is 0 Å². The van der Waals surface area contributed by atoms with Crippen LogP contribution in [-0.4, -0.2) is 10.8 Å². The van der Waals surface area contributed by atoms with Gasteiger partial charge in [-0.25, -0.2) is 4.39 Å². The lowest BCUT2D eigenvalue weighted by Crippen LogP contribution is -2.06.